The number of hydrogen-bond acceptors (Lipinski definition) is 3. The molecule has 0 aliphatic carbocycles. The number of piperidine rings is 1. The van der Waals surface area contributed by atoms with Crippen LogP contribution in [0, 0.1) is 19.3 Å². The number of rotatable bonds is 4. The van der Waals surface area contributed by atoms with Gasteiger partial charge in [0.1, 0.15) is 0 Å². The first-order valence-corrected chi connectivity index (χ1v) is 7.34. The number of aromatic nitrogens is 2. The lowest BCUT2D eigenvalue weighted by atomic mass is 9.77. The van der Waals surface area contributed by atoms with Crippen molar-refractivity contribution in [3.05, 3.63) is 17.0 Å². The predicted octanol–water partition coefficient (Wildman–Crippen LogP) is 2.11. The highest BCUT2D eigenvalue weighted by atomic mass is 16.4. The molecule has 0 bridgehead atoms. The third kappa shape index (κ3) is 2.59. The van der Waals surface area contributed by atoms with Gasteiger partial charge >= 0.3 is 5.97 Å². The largest absolute Gasteiger partial charge is 0.481 e. The number of nitrogens with zero attached hydrogens (tertiary/aromatic N) is 3. The molecule has 0 spiro atoms. The summed E-state index contributed by atoms with van der Waals surface area (Å²) in [6.07, 6.45) is 2.45. The summed E-state index contributed by atoms with van der Waals surface area (Å²) in [5.74, 6) is -0.649. The van der Waals surface area contributed by atoms with Crippen LogP contribution in [0.3, 0.4) is 0 Å². The zero-order chi connectivity index (χ0) is 14.9. The van der Waals surface area contributed by atoms with Crippen LogP contribution in [-0.4, -0.2) is 38.8 Å². The molecule has 1 unspecified atom stereocenters. The quantitative estimate of drug-likeness (QED) is 0.917. The van der Waals surface area contributed by atoms with Crippen LogP contribution in [0.2, 0.25) is 0 Å². The van der Waals surface area contributed by atoms with Gasteiger partial charge in [-0.25, -0.2) is 0 Å². The Labute approximate surface area is 120 Å². The second-order valence-corrected chi connectivity index (χ2v) is 6.03. The zero-order valence-corrected chi connectivity index (χ0v) is 12.9. The van der Waals surface area contributed by atoms with Crippen LogP contribution in [0.1, 0.15) is 43.1 Å². The van der Waals surface area contributed by atoms with Crippen molar-refractivity contribution in [2.24, 2.45) is 12.5 Å². The summed E-state index contributed by atoms with van der Waals surface area (Å²) in [5, 5.41) is 14.0. The monoisotopic (exact) mass is 279 g/mol. The normalized spacial score (nSPS) is 24.0. The fourth-order valence-corrected chi connectivity index (χ4v) is 3.25. The molecule has 1 fully saturated rings. The molecular formula is C15H25N3O2. The fourth-order valence-electron chi connectivity index (χ4n) is 3.25. The van der Waals surface area contributed by atoms with Gasteiger partial charge in [0.2, 0.25) is 0 Å². The Morgan fingerprint density at radius 3 is 2.65 bits per heavy atom. The number of aryl methyl sites for hydroxylation is 2. The van der Waals surface area contributed by atoms with Crippen molar-refractivity contribution in [1.29, 1.82) is 0 Å². The molecule has 2 heterocycles. The Bertz CT molecular complexity index is 509. The van der Waals surface area contributed by atoms with Gasteiger partial charge in [0.15, 0.2) is 0 Å². The molecule has 0 aromatic carbocycles. The minimum atomic E-state index is -0.649. The van der Waals surface area contributed by atoms with E-state index >= 15 is 0 Å². The van der Waals surface area contributed by atoms with Gasteiger partial charge < -0.3 is 5.11 Å². The molecule has 1 atom stereocenters. The van der Waals surface area contributed by atoms with Crippen LogP contribution in [0.15, 0.2) is 0 Å². The van der Waals surface area contributed by atoms with E-state index in [0.717, 1.165) is 31.6 Å². The van der Waals surface area contributed by atoms with Crippen molar-refractivity contribution in [3.63, 3.8) is 0 Å². The molecule has 5 nitrogen and oxygen atoms in total. The van der Waals surface area contributed by atoms with Gasteiger partial charge in [0.05, 0.1) is 11.1 Å². The maximum absolute atomic E-state index is 11.6. The highest BCUT2D eigenvalue weighted by molar-refractivity contribution is 5.75. The Balaban J connectivity index is 2.16. The maximum atomic E-state index is 11.6. The first-order valence-electron chi connectivity index (χ1n) is 7.34. The Morgan fingerprint density at radius 1 is 1.45 bits per heavy atom. The second-order valence-electron chi connectivity index (χ2n) is 6.03. The second kappa shape index (κ2) is 5.56. The molecule has 112 valence electrons. The van der Waals surface area contributed by atoms with E-state index in [1.807, 2.05) is 25.6 Å². The lowest BCUT2D eigenvalue weighted by Gasteiger charge is -2.39. The minimum absolute atomic E-state index is 0.567. The summed E-state index contributed by atoms with van der Waals surface area (Å²) >= 11 is 0. The lowest BCUT2D eigenvalue weighted by molar-refractivity contribution is -0.153. The first kappa shape index (κ1) is 15.0. The van der Waals surface area contributed by atoms with Crippen LogP contribution in [0.4, 0.5) is 0 Å². The summed E-state index contributed by atoms with van der Waals surface area (Å²) < 4.78 is 1.90. The smallest absolute Gasteiger partial charge is 0.310 e. The molecule has 1 saturated heterocycles. The Morgan fingerprint density at radius 2 is 2.15 bits per heavy atom. The van der Waals surface area contributed by atoms with Crippen molar-refractivity contribution in [2.45, 2.75) is 46.6 Å². The van der Waals surface area contributed by atoms with E-state index in [4.69, 9.17) is 0 Å². The Kier molecular flexibility index (Phi) is 4.18. The van der Waals surface area contributed by atoms with Crippen LogP contribution >= 0.6 is 0 Å². The predicted molar refractivity (Wildman–Crippen MR) is 77.6 cm³/mol. The number of carbonyl (C=O) groups is 1. The van der Waals surface area contributed by atoms with E-state index in [1.54, 1.807) is 0 Å². The van der Waals surface area contributed by atoms with Crippen molar-refractivity contribution in [1.82, 2.24) is 14.7 Å². The summed E-state index contributed by atoms with van der Waals surface area (Å²) in [6.45, 7) is 8.51. The van der Waals surface area contributed by atoms with Crippen LogP contribution in [0.5, 0.6) is 0 Å². The lowest BCUT2D eigenvalue weighted by Crippen LogP contribution is -2.47. The highest BCUT2D eigenvalue weighted by Crippen LogP contribution is 2.34. The summed E-state index contributed by atoms with van der Waals surface area (Å²) in [4.78, 5) is 13.9. The minimum Gasteiger partial charge on any atom is -0.481 e. The molecule has 2 rings (SSSR count). The van der Waals surface area contributed by atoms with Gasteiger partial charge in [0.25, 0.3) is 0 Å². The molecule has 20 heavy (non-hydrogen) atoms. The van der Waals surface area contributed by atoms with Crippen molar-refractivity contribution in [2.75, 3.05) is 13.1 Å². The molecule has 0 saturated carbocycles. The van der Waals surface area contributed by atoms with Crippen molar-refractivity contribution >= 4 is 5.97 Å². The van der Waals surface area contributed by atoms with Gasteiger partial charge in [-0.05, 0) is 39.7 Å². The molecule has 5 heteroatoms. The third-order valence-corrected chi connectivity index (χ3v) is 4.83. The van der Waals surface area contributed by atoms with Crippen molar-refractivity contribution in [3.8, 4) is 0 Å². The average Bonchev–Trinajstić information content (AvgIpc) is 2.65. The summed E-state index contributed by atoms with van der Waals surface area (Å²) in [5.41, 5.74) is 2.89. The maximum Gasteiger partial charge on any atom is 0.310 e. The van der Waals surface area contributed by atoms with E-state index in [-0.39, 0.29) is 0 Å². The SMILES string of the molecule is CCC1(C(=O)O)CCCN(Cc2c(C)nn(C)c2C)C1. The number of aliphatic carboxylic acids is 1. The average molecular weight is 279 g/mol. The summed E-state index contributed by atoms with van der Waals surface area (Å²) in [7, 11) is 1.95. The Hall–Kier alpha value is -1.36. The topological polar surface area (TPSA) is 58.4 Å². The fraction of sp³-hybridized carbons (Fsp3) is 0.733. The zero-order valence-electron chi connectivity index (χ0n) is 12.9. The molecule has 0 radical (unpaired) electrons. The van der Waals surface area contributed by atoms with E-state index in [2.05, 4.69) is 16.9 Å². The van der Waals surface area contributed by atoms with Gasteiger partial charge in [-0.3, -0.25) is 14.4 Å². The summed E-state index contributed by atoms with van der Waals surface area (Å²) in [6, 6.07) is 0. The first-order chi connectivity index (χ1) is 9.39. The van der Waals surface area contributed by atoms with Gasteiger partial charge in [0, 0.05) is 31.4 Å². The van der Waals surface area contributed by atoms with Crippen LogP contribution < -0.4 is 0 Å². The van der Waals surface area contributed by atoms with E-state index in [0.29, 0.717) is 13.0 Å². The standard InChI is InChI=1S/C15H25N3O2/c1-5-15(14(19)20)7-6-8-18(10-15)9-13-11(2)16-17(4)12(13)3/h5-10H2,1-4H3,(H,19,20). The molecule has 0 amide bonds. The molecule has 1 N–H and O–H groups in total. The highest BCUT2D eigenvalue weighted by Gasteiger charge is 2.40. The van der Waals surface area contributed by atoms with Crippen LogP contribution in [-0.2, 0) is 18.4 Å². The number of carboxylic acid groups (broad SMARTS) is 1. The van der Waals surface area contributed by atoms with Gasteiger partial charge in [-0.15, -0.1) is 0 Å². The number of likely N-dealkylation sites (tertiary alicyclic amines) is 1. The van der Waals surface area contributed by atoms with E-state index in [1.165, 1.54) is 11.3 Å². The van der Waals surface area contributed by atoms with E-state index < -0.39 is 11.4 Å². The number of hydrogen-bond donors (Lipinski definition) is 1. The third-order valence-electron chi connectivity index (χ3n) is 4.83. The molecule has 1 aliphatic heterocycles. The number of carboxylic acids is 1. The molecule has 1 aromatic rings. The van der Waals surface area contributed by atoms with E-state index in [9.17, 15) is 9.90 Å². The molecule has 1 aromatic heterocycles. The molecular weight excluding hydrogens is 254 g/mol. The van der Waals surface area contributed by atoms with Crippen LogP contribution in [0.25, 0.3) is 0 Å². The van der Waals surface area contributed by atoms with Gasteiger partial charge in [-0.2, -0.15) is 5.10 Å². The molecule has 1 aliphatic rings. The van der Waals surface area contributed by atoms with Gasteiger partial charge in [-0.1, -0.05) is 6.92 Å². The van der Waals surface area contributed by atoms with Crippen molar-refractivity contribution < 1.29 is 9.90 Å².